The smallest absolute Gasteiger partial charge is 0.332 e. The fraction of sp³-hybridized carbons (Fsp3) is 0.0588. The maximum absolute atomic E-state index is 14.4. The van der Waals surface area contributed by atoms with E-state index in [2.05, 4.69) is 6.58 Å². The zero-order valence-corrected chi connectivity index (χ0v) is 14.2. The van der Waals surface area contributed by atoms with Crippen molar-refractivity contribution in [3.05, 3.63) is 81.5 Å². The van der Waals surface area contributed by atoms with Gasteiger partial charge in [0.05, 0.1) is 16.7 Å². The van der Waals surface area contributed by atoms with Gasteiger partial charge in [0.15, 0.2) is 52.0 Å². The van der Waals surface area contributed by atoms with Crippen LogP contribution in [0.25, 0.3) is 0 Å². The summed E-state index contributed by atoms with van der Waals surface area (Å²) in [5, 5.41) is 18.5. The predicted molar refractivity (Wildman–Crippen MR) is 77.7 cm³/mol. The molecule has 0 radical (unpaired) electrons. The summed E-state index contributed by atoms with van der Waals surface area (Å²) in [6, 6.07) is 0. The Morgan fingerprint density at radius 2 is 0.774 bits per heavy atom. The fourth-order valence-electron chi connectivity index (χ4n) is 2.80. The highest BCUT2D eigenvalue weighted by Gasteiger charge is 2.57. The van der Waals surface area contributed by atoms with Crippen LogP contribution in [0.15, 0.2) is 12.2 Å². The summed E-state index contributed by atoms with van der Waals surface area (Å²) in [5.74, 6) is -35.6. The van der Waals surface area contributed by atoms with E-state index < -0.39 is 92.2 Å². The molecule has 31 heavy (non-hydrogen) atoms. The lowest BCUT2D eigenvalue weighted by Crippen LogP contribution is -2.45. The molecule has 0 bridgehead atoms. The first-order valence-corrected chi connectivity index (χ1v) is 7.35. The molecule has 166 valence electrons. The van der Waals surface area contributed by atoms with Crippen molar-refractivity contribution >= 4 is 11.9 Å². The first-order valence-electron chi connectivity index (χ1n) is 7.35. The first kappa shape index (κ1) is 23.7. The third-order valence-electron chi connectivity index (χ3n) is 4.20. The number of hydrogen-bond acceptors (Lipinski definition) is 2. The molecule has 2 aromatic rings. The normalized spacial score (nSPS) is 11.5. The van der Waals surface area contributed by atoms with Gasteiger partial charge in [-0.3, -0.25) is 4.79 Å². The summed E-state index contributed by atoms with van der Waals surface area (Å²) in [6.45, 7) is 2.50. The molecule has 0 fully saturated rings. The first-order chi connectivity index (χ1) is 14.1. The minimum Gasteiger partial charge on any atom is -0.480 e. The second-order valence-corrected chi connectivity index (χ2v) is 5.73. The molecule has 0 amide bonds. The van der Waals surface area contributed by atoms with E-state index in [9.17, 15) is 58.6 Å². The van der Waals surface area contributed by atoms with Crippen LogP contribution in [-0.4, -0.2) is 22.2 Å². The molecular weight excluding hydrogens is 458 g/mol. The highest BCUT2D eigenvalue weighted by atomic mass is 19.2. The molecule has 0 spiro atoms. The second kappa shape index (κ2) is 7.59. The Kier molecular flexibility index (Phi) is 5.80. The molecule has 0 unspecified atom stereocenters. The van der Waals surface area contributed by atoms with Gasteiger partial charge in [0.2, 0.25) is 11.6 Å². The van der Waals surface area contributed by atoms with E-state index in [1.807, 2.05) is 0 Å². The van der Waals surface area contributed by atoms with Gasteiger partial charge in [-0.1, -0.05) is 6.58 Å². The van der Waals surface area contributed by atoms with Crippen molar-refractivity contribution in [2.24, 2.45) is 0 Å². The third kappa shape index (κ3) is 3.00. The summed E-state index contributed by atoms with van der Waals surface area (Å²) in [4.78, 5) is 23.3. The number of hydrogen-bond donors (Lipinski definition) is 2. The minimum atomic E-state index is -4.70. The molecule has 0 heterocycles. The van der Waals surface area contributed by atoms with Crippen LogP contribution < -0.4 is 0 Å². The SMILES string of the molecule is C=C(C(=O)O)C(C(=O)O)(c1c(F)c(F)c(F)c(F)c1F)c1c(F)c(F)c(F)c(F)c1F. The predicted octanol–water partition coefficient (Wildman–Crippen LogP) is 4.09. The van der Waals surface area contributed by atoms with Crippen LogP contribution in [0, 0.1) is 58.2 Å². The number of rotatable bonds is 5. The van der Waals surface area contributed by atoms with E-state index in [-0.39, 0.29) is 0 Å². The van der Waals surface area contributed by atoms with Gasteiger partial charge in [-0.05, 0) is 0 Å². The third-order valence-corrected chi connectivity index (χ3v) is 4.20. The van der Waals surface area contributed by atoms with Crippen molar-refractivity contribution in [2.75, 3.05) is 0 Å². The quantitative estimate of drug-likeness (QED) is 0.304. The van der Waals surface area contributed by atoms with E-state index in [1.54, 1.807) is 0 Å². The fourth-order valence-corrected chi connectivity index (χ4v) is 2.80. The Morgan fingerprint density at radius 3 is 0.968 bits per heavy atom. The monoisotopic (exact) mass is 462 g/mol. The number of benzene rings is 2. The van der Waals surface area contributed by atoms with Gasteiger partial charge in [0.25, 0.3) is 0 Å². The lowest BCUT2D eigenvalue weighted by molar-refractivity contribution is -0.144. The number of carbonyl (C=O) groups is 2. The van der Waals surface area contributed by atoms with E-state index >= 15 is 0 Å². The highest BCUT2D eigenvalue weighted by molar-refractivity contribution is 6.03. The molecule has 14 heteroatoms. The van der Waals surface area contributed by atoms with E-state index in [0.717, 1.165) is 0 Å². The molecule has 0 aliphatic carbocycles. The number of carboxylic acid groups (broad SMARTS) is 2. The van der Waals surface area contributed by atoms with E-state index in [1.165, 1.54) is 0 Å². The maximum Gasteiger partial charge on any atom is 0.332 e. The van der Waals surface area contributed by atoms with Crippen LogP contribution in [0.4, 0.5) is 43.9 Å². The van der Waals surface area contributed by atoms with Gasteiger partial charge < -0.3 is 10.2 Å². The number of carboxylic acids is 2. The lowest BCUT2D eigenvalue weighted by atomic mass is 9.68. The maximum atomic E-state index is 14.4. The van der Waals surface area contributed by atoms with Crippen LogP contribution in [0.2, 0.25) is 0 Å². The minimum absolute atomic E-state index is 2.22. The van der Waals surface area contributed by atoms with Gasteiger partial charge in [-0.2, -0.15) is 0 Å². The van der Waals surface area contributed by atoms with Gasteiger partial charge in [0.1, 0.15) is 0 Å². The molecule has 0 aliphatic heterocycles. The van der Waals surface area contributed by atoms with Crippen LogP contribution in [-0.2, 0) is 15.0 Å². The Balaban J connectivity index is 3.37. The van der Waals surface area contributed by atoms with Crippen molar-refractivity contribution in [2.45, 2.75) is 5.41 Å². The number of aliphatic carboxylic acids is 2. The Labute approximate surface area is 163 Å². The van der Waals surface area contributed by atoms with Gasteiger partial charge in [-0.25, -0.2) is 48.7 Å². The van der Waals surface area contributed by atoms with Crippen molar-refractivity contribution in [3.8, 4) is 0 Å². The zero-order chi connectivity index (χ0) is 24.2. The molecule has 2 aromatic carbocycles. The molecular formula is C17H4F10O4. The summed E-state index contributed by atoms with van der Waals surface area (Å²) >= 11 is 0. The summed E-state index contributed by atoms with van der Waals surface area (Å²) in [5.41, 5.74) is -12.4. The zero-order valence-electron chi connectivity index (χ0n) is 14.2. The van der Waals surface area contributed by atoms with Crippen molar-refractivity contribution in [1.82, 2.24) is 0 Å². The molecule has 0 aliphatic rings. The lowest BCUT2D eigenvalue weighted by Gasteiger charge is -2.32. The van der Waals surface area contributed by atoms with Gasteiger partial charge in [0, 0.05) is 0 Å². The molecule has 0 saturated carbocycles. The van der Waals surface area contributed by atoms with Crippen LogP contribution >= 0.6 is 0 Å². The molecule has 0 atom stereocenters. The Hall–Kier alpha value is -3.58. The van der Waals surface area contributed by atoms with Crippen molar-refractivity contribution in [3.63, 3.8) is 0 Å². The highest BCUT2D eigenvalue weighted by Crippen LogP contribution is 2.46. The molecule has 4 nitrogen and oxygen atoms in total. The molecule has 0 aromatic heterocycles. The van der Waals surface area contributed by atoms with Crippen LogP contribution in [0.3, 0.4) is 0 Å². The average molecular weight is 462 g/mol. The second-order valence-electron chi connectivity index (χ2n) is 5.73. The van der Waals surface area contributed by atoms with E-state index in [0.29, 0.717) is 0 Å². The topological polar surface area (TPSA) is 74.6 Å². The van der Waals surface area contributed by atoms with Crippen molar-refractivity contribution in [1.29, 1.82) is 0 Å². The molecule has 2 N–H and O–H groups in total. The largest absolute Gasteiger partial charge is 0.480 e. The molecule has 0 saturated heterocycles. The van der Waals surface area contributed by atoms with Crippen molar-refractivity contribution < 1.29 is 63.7 Å². The number of halogens is 10. The standard InChI is InChI=1S/C17H4F10O4/c1-2(15(28)29)17(16(30)31,3-5(18)9(22)13(26)10(23)6(3)19)4-7(20)11(24)14(27)12(25)8(4)21/h1H2,(H,28,29)(H,30,31). The van der Waals surface area contributed by atoms with Crippen LogP contribution in [0.1, 0.15) is 11.1 Å². The van der Waals surface area contributed by atoms with Crippen LogP contribution in [0.5, 0.6) is 0 Å². The summed E-state index contributed by atoms with van der Waals surface area (Å²) in [6.07, 6.45) is 0. The Morgan fingerprint density at radius 1 is 0.548 bits per heavy atom. The average Bonchev–Trinajstić information content (AvgIpc) is 2.71. The van der Waals surface area contributed by atoms with Gasteiger partial charge in [-0.15, -0.1) is 0 Å². The Bertz CT molecular complexity index is 1050. The molecule has 2 rings (SSSR count). The summed E-state index contributed by atoms with van der Waals surface area (Å²) < 4.78 is 139. The van der Waals surface area contributed by atoms with Gasteiger partial charge >= 0.3 is 11.9 Å². The summed E-state index contributed by atoms with van der Waals surface area (Å²) in [7, 11) is 0. The van der Waals surface area contributed by atoms with E-state index in [4.69, 9.17) is 5.11 Å².